The number of nitrogens with zero attached hydrogens (tertiary/aromatic N) is 2. The first kappa shape index (κ1) is 11.2. The van der Waals surface area contributed by atoms with Crippen LogP contribution >= 0.6 is 0 Å². The molecule has 1 rings (SSSR count). The van der Waals surface area contributed by atoms with Gasteiger partial charge in [-0.3, -0.25) is 10.1 Å². The smallest absolute Gasteiger partial charge is 0.290 e. The van der Waals surface area contributed by atoms with Crippen molar-refractivity contribution in [2.24, 2.45) is 0 Å². The van der Waals surface area contributed by atoms with Crippen molar-refractivity contribution in [3.05, 3.63) is 40.1 Å². The summed E-state index contributed by atoms with van der Waals surface area (Å²) >= 11 is 0. The number of aryl methyl sites for hydroxylation is 1. The summed E-state index contributed by atoms with van der Waals surface area (Å²) < 4.78 is 0. The zero-order valence-corrected chi connectivity index (χ0v) is 8.78. The van der Waals surface area contributed by atoms with Crippen molar-refractivity contribution in [3.8, 4) is 0 Å². The van der Waals surface area contributed by atoms with Crippen molar-refractivity contribution in [1.29, 1.82) is 0 Å². The van der Waals surface area contributed by atoms with Crippen LogP contribution in [0, 0.1) is 17.0 Å². The minimum absolute atomic E-state index is 0.0378. The van der Waals surface area contributed by atoms with Crippen molar-refractivity contribution in [2.45, 2.75) is 13.8 Å². The van der Waals surface area contributed by atoms with Crippen LogP contribution in [0.2, 0.25) is 0 Å². The van der Waals surface area contributed by atoms with E-state index in [9.17, 15) is 10.1 Å². The van der Waals surface area contributed by atoms with Crippen LogP contribution in [-0.2, 0) is 0 Å². The summed E-state index contributed by atoms with van der Waals surface area (Å²) in [5.41, 5.74) is 1.61. The van der Waals surface area contributed by atoms with Gasteiger partial charge in [-0.15, -0.1) is 0 Å². The third-order valence-corrected chi connectivity index (χ3v) is 1.85. The van der Waals surface area contributed by atoms with E-state index in [2.05, 4.69) is 16.9 Å². The molecule has 0 saturated heterocycles. The average molecular weight is 207 g/mol. The number of nitrogens with one attached hydrogen (secondary N) is 1. The van der Waals surface area contributed by atoms with E-state index in [1.165, 1.54) is 6.20 Å². The highest BCUT2D eigenvalue weighted by molar-refractivity contribution is 5.47. The minimum Gasteiger partial charge on any atom is -0.366 e. The number of hydrogen-bond donors (Lipinski definition) is 1. The lowest BCUT2D eigenvalue weighted by Gasteiger charge is -2.05. The van der Waals surface area contributed by atoms with Crippen LogP contribution in [0.3, 0.4) is 0 Å². The summed E-state index contributed by atoms with van der Waals surface area (Å²) in [7, 11) is 0. The molecule has 1 heterocycles. The van der Waals surface area contributed by atoms with E-state index in [0.717, 1.165) is 5.57 Å². The van der Waals surface area contributed by atoms with Gasteiger partial charge in [-0.1, -0.05) is 12.2 Å². The fourth-order valence-electron chi connectivity index (χ4n) is 1.08. The van der Waals surface area contributed by atoms with Gasteiger partial charge >= 0.3 is 0 Å². The van der Waals surface area contributed by atoms with E-state index in [0.29, 0.717) is 17.9 Å². The molecule has 0 aliphatic rings. The van der Waals surface area contributed by atoms with Crippen LogP contribution in [0.15, 0.2) is 24.4 Å². The van der Waals surface area contributed by atoms with Crippen LogP contribution in [0.1, 0.15) is 12.5 Å². The Morgan fingerprint density at radius 3 is 2.87 bits per heavy atom. The van der Waals surface area contributed by atoms with Crippen LogP contribution < -0.4 is 5.32 Å². The van der Waals surface area contributed by atoms with Gasteiger partial charge in [0.2, 0.25) is 0 Å². The highest BCUT2D eigenvalue weighted by Crippen LogP contribution is 2.18. The normalized spacial score (nSPS) is 9.73. The Hall–Kier alpha value is -1.91. The monoisotopic (exact) mass is 207 g/mol. The molecule has 0 radical (unpaired) electrons. The molecule has 0 saturated carbocycles. The van der Waals surface area contributed by atoms with Crippen LogP contribution in [0.5, 0.6) is 0 Å². The Labute approximate surface area is 88.0 Å². The highest BCUT2D eigenvalue weighted by atomic mass is 16.6. The number of aromatic nitrogens is 1. The van der Waals surface area contributed by atoms with Gasteiger partial charge in [-0.05, 0) is 19.9 Å². The van der Waals surface area contributed by atoms with Crippen molar-refractivity contribution >= 4 is 11.5 Å². The molecule has 1 aromatic rings. The highest BCUT2D eigenvalue weighted by Gasteiger charge is 2.10. The maximum atomic E-state index is 10.5. The molecule has 0 aromatic carbocycles. The fourth-order valence-corrected chi connectivity index (χ4v) is 1.08. The number of pyridine rings is 1. The Morgan fingerprint density at radius 2 is 2.40 bits per heavy atom. The SMILES string of the molecule is C=C(C)CNc1cc(C)c([N+](=O)[O-])cn1. The molecule has 1 N–H and O–H groups in total. The molecule has 0 unspecified atom stereocenters. The second-order valence-corrected chi connectivity index (χ2v) is 3.42. The van der Waals surface area contributed by atoms with E-state index >= 15 is 0 Å². The van der Waals surface area contributed by atoms with Gasteiger partial charge in [0.1, 0.15) is 12.0 Å². The first-order valence-electron chi connectivity index (χ1n) is 4.50. The zero-order valence-electron chi connectivity index (χ0n) is 8.78. The van der Waals surface area contributed by atoms with E-state index < -0.39 is 4.92 Å². The molecule has 0 bridgehead atoms. The summed E-state index contributed by atoms with van der Waals surface area (Å²) in [5, 5.41) is 13.5. The first-order valence-corrected chi connectivity index (χ1v) is 4.50. The molecule has 0 atom stereocenters. The predicted octanol–water partition coefficient (Wildman–Crippen LogP) is 2.29. The van der Waals surface area contributed by atoms with Crippen molar-refractivity contribution < 1.29 is 4.92 Å². The van der Waals surface area contributed by atoms with Crippen molar-refractivity contribution in [1.82, 2.24) is 4.98 Å². The van der Waals surface area contributed by atoms with Gasteiger partial charge in [0.25, 0.3) is 5.69 Å². The lowest BCUT2D eigenvalue weighted by molar-refractivity contribution is -0.385. The molecule has 0 amide bonds. The van der Waals surface area contributed by atoms with Crippen molar-refractivity contribution in [3.63, 3.8) is 0 Å². The fraction of sp³-hybridized carbons (Fsp3) is 0.300. The van der Waals surface area contributed by atoms with Gasteiger partial charge in [0.15, 0.2) is 0 Å². The third-order valence-electron chi connectivity index (χ3n) is 1.85. The molecule has 80 valence electrons. The van der Waals surface area contributed by atoms with E-state index in [1.807, 2.05) is 6.92 Å². The van der Waals surface area contributed by atoms with Gasteiger partial charge in [0, 0.05) is 12.1 Å². The van der Waals surface area contributed by atoms with E-state index in [4.69, 9.17) is 0 Å². The third kappa shape index (κ3) is 3.05. The summed E-state index contributed by atoms with van der Waals surface area (Å²) in [6.45, 7) is 7.94. The summed E-state index contributed by atoms with van der Waals surface area (Å²) in [6, 6.07) is 1.65. The molecule has 0 fully saturated rings. The largest absolute Gasteiger partial charge is 0.366 e. The number of anilines is 1. The van der Waals surface area contributed by atoms with E-state index in [-0.39, 0.29) is 5.69 Å². The maximum absolute atomic E-state index is 10.5. The maximum Gasteiger partial charge on any atom is 0.290 e. The van der Waals surface area contributed by atoms with Gasteiger partial charge < -0.3 is 5.32 Å². The minimum atomic E-state index is -0.440. The Morgan fingerprint density at radius 1 is 1.73 bits per heavy atom. The molecular weight excluding hydrogens is 194 g/mol. The van der Waals surface area contributed by atoms with Crippen LogP contribution in [0.4, 0.5) is 11.5 Å². The second-order valence-electron chi connectivity index (χ2n) is 3.42. The average Bonchev–Trinajstić information content (AvgIpc) is 2.14. The Kier molecular flexibility index (Phi) is 3.38. The predicted molar refractivity (Wildman–Crippen MR) is 58.9 cm³/mol. The standard InChI is InChI=1S/C10H13N3O2/c1-7(2)5-11-10-4-8(3)9(6-12-10)13(14)15/h4,6H,1,5H2,2-3H3,(H,11,12). The topological polar surface area (TPSA) is 68.1 Å². The summed E-state index contributed by atoms with van der Waals surface area (Å²) in [6.07, 6.45) is 1.26. The van der Waals surface area contributed by atoms with Crippen LogP contribution in [-0.4, -0.2) is 16.5 Å². The van der Waals surface area contributed by atoms with Crippen LogP contribution in [0.25, 0.3) is 0 Å². The molecule has 0 spiro atoms. The van der Waals surface area contributed by atoms with Crippen molar-refractivity contribution in [2.75, 3.05) is 11.9 Å². The number of nitro groups is 1. The molecule has 1 aromatic heterocycles. The Bertz CT molecular complexity index is 402. The number of hydrogen-bond acceptors (Lipinski definition) is 4. The zero-order chi connectivity index (χ0) is 11.4. The lowest BCUT2D eigenvalue weighted by Crippen LogP contribution is -2.04. The molecule has 5 heteroatoms. The summed E-state index contributed by atoms with van der Waals surface area (Å²) in [5.74, 6) is 0.626. The lowest BCUT2D eigenvalue weighted by atomic mass is 10.2. The van der Waals surface area contributed by atoms with Gasteiger partial charge in [-0.25, -0.2) is 4.98 Å². The second kappa shape index (κ2) is 4.54. The summed E-state index contributed by atoms with van der Waals surface area (Å²) in [4.78, 5) is 14.0. The van der Waals surface area contributed by atoms with Gasteiger partial charge in [-0.2, -0.15) is 0 Å². The first-order chi connectivity index (χ1) is 7.00. The molecule has 0 aliphatic carbocycles. The van der Waals surface area contributed by atoms with Gasteiger partial charge in [0.05, 0.1) is 4.92 Å². The quantitative estimate of drug-likeness (QED) is 0.467. The molecular formula is C10H13N3O2. The Balaban J connectivity index is 2.82. The molecule has 15 heavy (non-hydrogen) atoms. The van der Waals surface area contributed by atoms with E-state index in [1.54, 1.807) is 13.0 Å². The molecule has 0 aliphatic heterocycles. The molecule has 5 nitrogen and oxygen atoms in total. The number of rotatable bonds is 4.